The number of nitrogens with zero attached hydrogens (tertiary/aromatic N) is 1. The standard InChI is InChI=1S/C20H22ClN3O5/c1-13-4-6-15(7-5-13)22-11-18(25)24-23-10-14-8-16(21)20(17(9-14)27-2)29-12-19(26)28-3/h4-10,22H,11-12H2,1-3H3,(H,24,25)/b23-10-. The number of aryl methyl sites for hydroxylation is 1. The Labute approximate surface area is 173 Å². The summed E-state index contributed by atoms with van der Waals surface area (Å²) in [5, 5.41) is 7.13. The zero-order valence-corrected chi connectivity index (χ0v) is 17.1. The van der Waals surface area contributed by atoms with Gasteiger partial charge in [0.15, 0.2) is 18.1 Å². The number of esters is 1. The third-order valence-corrected chi connectivity index (χ3v) is 4.00. The zero-order chi connectivity index (χ0) is 21.2. The highest BCUT2D eigenvalue weighted by Gasteiger charge is 2.13. The molecule has 2 aromatic rings. The van der Waals surface area contributed by atoms with Gasteiger partial charge < -0.3 is 19.5 Å². The minimum absolute atomic E-state index is 0.0742. The number of ether oxygens (including phenoxy) is 3. The fourth-order valence-electron chi connectivity index (χ4n) is 2.22. The maximum absolute atomic E-state index is 11.9. The SMILES string of the molecule is COC(=O)COc1c(Cl)cc(/C=N\NC(=O)CNc2ccc(C)cc2)cc1OC. The van der Waals surface area contributed by atoms with Gasteiger partial charge in [-0.3, -0.25) is 4.79 Å². The van der Waals surface area contributed by atoms with E-state index in [0.29, 0.717) is 11.3 Å². The van der Waals surface area contributed by atoms with Crippen LogP contribution in [-0.2, 0) is 14.3 Å². The Morgan fingerprint density at radius 3 is 2.55 bits per heavy atom. The lowest BCUT2D eigenvalue weighted by Crippen LogP contribution is -2.25. The van der Waals surface area contributed by atoms with Crippen LogP contribution in [0.3, 0.4) is 0 Å². The maximum atomic E-state index is 11.9. The van der Waals surface area contributed by atoms with Crippen LogP contribution in [0.2, 0.25) is 5.02 Å². The molecule has 0 heterocycles. The molecule has 0 aliphatic heterocycles. The molecule has 2 aromatic carbocycles. The van der Waals surface area contributed by atoms with Gasteiger partial charge in [0.1, 0.15) is 0 Å². The van der Waals surface area contributed by atoms with Crippen LogP contribution in [0, 0.1) is 6.92 Å². The zero-order valence-electron chi connectivity index (χ0n) is 16.3. The number of nitrogens with one attached hydrogen (secondary N) is 2. The molecule has 0 aromatic heterocycles. The average Bonchev–Trinajstić information content (AvgIpc) is 2.71. The summed E-state index contributed by atoms with van der Waals surface area (Å²) >= 11 is 6.19. The molecule has 0 unspecified atom stereocenters. The number of anilines is 1. The fourth-order valence-corrected chi connectivity index (χ4v) is 2.49. The van der Waals surface area contributed by atoms with Crippen molar-refractivity contribution in [1.29, 1.82) is 0 Å². The van der Waals surface area contributed by atoms with Crippen molar-refractivity contribution in [3.05, 3.63) is 52.5 Å². The summed E-state index contributed by atoms with van der Waals surface area (Å²) < 4.78 is 15.1. The smallest absolute Gasteiger partial charge is 0.343 e. The van der Waals surface area contributed by atoms with Crippen molar-refractivity contribution in [3.8, 4) is 11.5 Å². The van der Waals surface area contributed by atoms with Gasteiger partial charge in [-0.2, -0.15) is 5.10 Å². The summed E-state index contributed by atoms with van der Waals surface area (Å²) in [5.41, 5.74) is 4.98. The molecule has 154 valence electrons. The van der Waals surface area contributed by atoms with Gasteiger partial charge in [0.25, 0.3) is 5.91 Å². The second kappa shape index (κ2) is 10.9. The normalized spacial score (nSPS) is 10.5. The Morgan fingerprint density at radius 2 is 1.90 bits per heavy atom. The molecule has 0 aliphatic rings. The van der Waals surface area contributed by atoms with E-state index in [1.54, 1.807) is 12.1 Å². The highest BCUT2D eigenvalue weighted by atomic mass is 35.5. The van der Waals surface area contributed by atoms with E-state index in [0.717, 1.165) is 11.3 Å². The molecule has 2 rings (SSSR count). The highest BCUT2D eigenvalue weighted by Crippen LogP contribution is 2.36. The first kappa shape index (κ1) is 22.0. The third kappa shape index (κ3) is 7.00. The monoisotopic (exact) mass is 419 g/mol. The van der Waals surface area contributed by atoms with Gasteiger partial charge in [0.2, 0.25) is 0 Å². The summed E-state index contributed by atoms with van der Waals surface area (Å²) in [6, 6.07) is 10.9. The average molecular weight is 420 g/mol. The predicted octanol–water partition coefficient (Wildman–Crippen LogP) is 2.77. The van der Waals surface area contributed by atoms with Crippen LogP contribution in [-0.4, -0.2) is 45.5 Å². The summed E-state index contributed by atoms with van der Waals surface area (Å²) in [4.78, 5) is 23.1. The second-order valence-electron chi connectivity index (χ2n) is 5.91. The van der Waals surface area contributed by atoms with E-state index >= 15 is 0 Å². The van der Waals surface area contributed by atoms with Crippen LogP contribution in [0.1, 0.15) is 11.1 Å². The molecule has 0 saturated heterocycles. The topological polar surface area (TPSA) is 98.3 Å². The lowest BCUT2D eigenvalue weighted by Gasteiger charge is -2.12. The van der Waals surface area contributed by atoms with Gasteiger partial charge in [-0.1, -0.05) is 29.3 Å². The number of halogens is 1. The quantitative estimate of drug-likeness (QED) is 0.368. The molecule has 1 amide bonds. The van der Waals surface area contributed by atoms with Crippen molar-refractivity contribution in [2.45, 2.75) is 6.92 Å². The molecule has 0 bridgehead atoms. The number of hydrogen-bond acceptors (Lipinski definition) is 7. The van der Waals surface area contributed by atoms with Crippen molar-refractivity contribution >= 4 is 35.4 Å². The van der Waals surface area contributed by atoms with Crippen LogP contribution in [0.25, 0.3) is 0 Å². The summed E-state index contributed by atoms with van der Waals surface area (Å²) in [6.45, 7) is 1.76. The van der Waals surface area contributed by atoms with E-state index < -0.39 is 5.97 Å². The molecule has 0 fully saturated rings. The summed E-state index contributed by atoms with van der Waals surface area (Å²) in [6.07, 6.45) is 1.42. The van der Waals surface area contributed by atoms with Crippen molar-refractivity contribution in [1.82, 2.24) is 5.43 Å². The molecular weight excluding hydrogens is 398 g/mol. The lowest BCUT2D eigenvalue weighted by molar-refractivity contribution is -0.142. The third-order valence-electron chi connectivity index (χ3n) is 3.72. The number of hydrazone groups is 1. The first-order valence-electron chi connectivity index (χ1n) is 8.62. The molecule has 8 nitrogen and oxygen atoms in total. The molecule has 0 radical (unpaired) electrons. The number of benzene rings is 2. The molecule has 0 atom stereocenters. The van der Waals surface area contributed by atoms with E-state index in [4.69, 9.17) is 21.1 Å². The van der Waals surface area contributed by atoms with E-state index in [2.05, 4.69) is 20.6 Å². The van der Waals surface area contributed by atoms with E-state index in [-0.39, 0.29) is 29.8 Å². The van der Waals surface area contributed by atoms with Gasteiger partial charge in [-0.15, -0.1) is 0 Å². The number of rotatable bonds is 9. The Kier molecular flexibility index (Phi) is 8.29. The van der Waals surface area contributed by atoms with Gasteiger partial charge in [-0.05, 0) is 36.8 Å². The van der Waals surface area contributed by atoms with Crippen LogP contribution >= 0.6 is 11.6 Å². The lowest BCUT2D eigenvalue weighted by atomic mass is 10.2. The number of carbonyl (C=O) groups excluding carboxylic acids is 2. The van der Waals surface area contributed by atoms with Crippen molar-refractivity contribution < 1.29 is 23.8 Å². The van der Waals surface area contributed by atoms with Gasteiger partial charge in [0, 0.05) is 5.69 Å². The Hall–Kier alpha value is -3.26. The molecule has 0 aliphatic carbocycles. The van der Waals surface area contributed by atoms with Crippen LogP contribution < -0.4 is 20.2 Å². The Bertz CT molecular complexity index is 884. The van der Waals surface area contributed by atoms with Crippen molar-refractivity contribution in [3.63, 3.8) is 0 Å². The van der Waals surface area contributed by atoms with E-state index in [1.165, 1.54) is 20.4 Å². The number of methoxy groups -OCH3 is 2. The second-order valence-corrected chi connectivity index (χ2v) is 6.32. The van der Waals surface area contributed by atoms with E-state index in [9.17, 15) is 9.59 Å². The summed E-state index contributed by atoms with van der Waals surface area (Å²) in [5.74, 6) is -0.327. The molecular formula is C20H22ClN3O5. The minimum Gasteiger partial charge on any atom is -0.493 e. The molecule has 2 N–H and O–H groups in total. The van der Waals surface area contributed by atoms with Gasteiger partial charge in [0.05, 0.1) is 32.0 Å². The van der Waals surface area contributed by atoms with Crippen LogP contribution in [0.15, 0.2) is 41.5 Å². The van der Waals surface area contributed by atoms with Gasteiger partial charge in [-0.25, -0.2) is 10.2 Å². The maximum Gasteiger partial charge on any atom is 0.343 e. The molecule has 29 heavy (non-hydrogen) atoms. The highest BCUT2D eigenvalue weighted by molar-refractivity contribution is 6.32. The van der Waals surface area contributed by atoms with Gasteiger partial charge >= 0.3 is 5.97 Å². The Morgan fingerprint density at radius 1 is 1.17 bits per heavy atom. The summed E-state index contributed by atoms with van der Waals surface area (Å²) in [7, 11) is 2.70. The largest absolute Gasteiger partial charge is 0.493 e. The van der Waals surface area contributed by atoms with Crippen molar-refractivity contribution in [2.24, 2.45) is 5.10 Å². The molecule has 0 spiro atoms. The Balaban J connectivity index is 1.93. The number of carbonyl (C=O) groups is 2. The van der Waals surface area contributed by atoms with Crippen molar-refractivity contribution in [2.75, 3.05) is 32.7 Å². The molecule has 9 heteroatoms. The molecule has 0 saturated carbocycles. The minimum atomic E-state index is -0.546. The fraction of sp³-hybridized carbons (Fsp3) is 0.250. The number of amides is 1. The first-order valence-corrected chi connectivity index (χ1v) is 9.00. The number of hydrogen-bond donors (Lipinski definition) is 2. The van der Waals surface area contributed by atoms with Crippen LogP contribution in [0.4, 0.5) is 5.69 Å². The first-order chi connectivity index (χ1) is 13.9. The predicted molar refractivity (Wildman–Crippen MR) is 111 cm³/mol. The van der Waals surface area contributed by atoms with E-state index in [1.807, 2.05) is 31.2 Å². The van der Waals surface area contributed by atoms with Crippen LogP contribution in [0.5, 0.6) is 11.5 Å².